The average molecular weight is 856 g/mol. The third kappa shape index (κ3) is 42.7. The van der Waals surface area contributed by atoms with Gasteiger partial charge < -0.3 is 20.3 Å². The van der Waals surface area contributed by atoms with Gasteiger partial charge >= 0.3 is 5.97 Å². The molecule has 0 fully saturated rings. The molecule has 0 aromatic carbocycles. The van der Waals surface area contributed by atoms with Crippen LogP contribution in [0, 0.1) is 0 Å². The van der Waals surface area contributed by atoms with E-state index in [9.17, 15) is 19.8 Å². The molecule has 0 heterocycles. The number of unbranched alkanes of at least 4 members (excludes halogenated alkanes) is 9. The number of allylic oxidation sites excluding steroid dienone is 21. The largest absolute Gasteiger partial charge is 0.458 e. The lowest BCUT2D eigenvalue weighted by molar-refractivity contribution is -0.148. The SMILES string of the molecule is CC/C=C\C/C=C\C/C=C\C/C=C\C/C=C\C/C=C\CCC(=O)OC(/C=C/C/C=C/C/C=C/C/C=C/C/C=C/CC)CC(=O)NC(CO)C(O)CCCCCCCCCCCC. The number of aliphatic hydroxyl groups is 2. The van der Waals surface area contributed by atoms with E-state index in [0.717, 1.165) is 83.5 Å². The fraction of sp³-hybridized carbons (Fsp3) is 0.571. The van der Waals surface area contributed by atoms with Crippen LogP contribution >= 0.6 is 0 Å². The predicted molar refractivity (Wildman–Crippen MR) is 268 cm³/mol. The average Bonchev–Trinajstić information content (AvgIpc) is 3.26. The van der Waals surface area contributed by atoms with Crippen molar-refractivity contribution in [3.63, 3.8) is 0 Å². The Hall–Kier alpha value is -4.00. The highest BCUT2D eigenvalue weighted by Gasteiger charge is 2.23. The standard InChI is InChI=1S/C56H89NO5/c1-4-7-10-13-16-19-22-24-26-27-28-29-30-32-34-37-40-43-46-49-56(61)62-52(47-44-41-38-35-33-31-25-23-20-17-14-11-8-5-2)50-55(60)57-53(51-58)54(59)48-45-42-39-36-21-18-15-12-9-6-3/h7-8,10-11,16-17,19-20,24-26,28-29,31-32,34-35,38,40,43-44,47,52-54,58-59H,4-6,9,12-15,18,21-23,27,30,33,36-37,39,41-42,45-46,48-51H2,1-3H3,(H,57,60)/b10-7-,11-8+,19-16-,20-17+,26-24-,29-28-,31-25+,34-32-,38-35+,43-40-,47-44+. The first-order valence-corrected chi connectivity index (χ1v) is 24.4. The minimum absolute atomic E-state index is 0.0855. The Morgan fingerprint density at radius 3 is 1.27 bits per heavy atom. The van der Waals surface area contributed by atoms with Crippen molar-refractivity contribution in [1.29, 1.82) is 0 Å². The second-order valence-corrected chi connectivity index (χ2v) is 15.7. The van der Waals surface area contributed by atoms with Crippen LogP contribution in [0.2, 0.25) is 0 Å². The lowest BCUT2D eigenvalue weighted by Gasteiger charge is -2.23. The first kappa shape index (κ1) is 58.0. The zero-order chi connectivity index (χ0) is 45.2. The summed E-state index contributed by atoms with van der Waals surface area (Å²) in [4.78, 5) is 26.0. The highest BCUT2D eigenvalue weighted by atomic mass is 16.5. The van der Waals surface area contributed by atoms with Crippen molar-refractivity contribution in [2.24, 2.45) is 0 Å². The highest BCUT2D eigenvalue weighted by Crippen LogP contribution is 2.14. The number of carbonyl (C=O) groups excluding carboxylic acids is 2. The van der Waals surface area contributed by atoms with E-state index in [-0.39, 0.29) is 31.3 Å². The molecule has 0 radical (unpaired) electrons. The maximum atomic E-state index is 13.1. The maximum absolute atomic E-state index is 13.1. The molecule has 0 spiro atoms. The Balaban J connectivity index is 4.89. The zero-order valence-corrected chi connectivity index (χ0v) is 39.4. The van der Waals surface area contributed by atoms with E-state index in [4.69, 9.17) is 4.74 Å². The second kappa shape index (κ2) is 48.0. The molecule has 348 valence electrons. The summed E-state index contributed by atoms with van der Waals surface area (Å²) in [7, 11) is 0. The Morgan fingerprint density at radius 2 is 0.871 bits per heavy atom. The molecule has 0 aromatic heterocycles. The van der Waals surface area contributed by atoms with Gasteiger partial charge in [-0.2, -0.15) is 0 Å². The molecule has 62 heavy (non-hydrogen) atoms. The second-order valence-electron chi connectivity index (χ2n) is 15.7. The van der Waals surface area contributed by atoms with E-state index >= 15 is 0 Å². The predicted octanol–water partition coefficient (Wildman–Crippen LogP) is 14.7. The number of ether oxygens (including phenoxy) is 1. The Morgan fingerprint density at radius 1 is 0.500 bits per heavy atom. The molecule has 0 bridgehead atoms. The van der Waals surface area contributed by atoms with Crippen LogP contribution in [-0.4, -0.2) is 46.9 Å². The molecule has 0 saturated heterocycles. The van der Waals surface area contributed by atoms with Crippen molar-refractivity contribution in [1.82, 2.24) is 5.32 Å². The lowest BCUT2D eigenvalue weighted by Crippen LogP contribution is -2.46. The summed E-state index contributed by atoms with van der Waals surface area (Å²) in [6, 6.07) is -0.765. The van der Waals surface area contributed by atoms with Crippen LogP contribution in [0.5, 0.6) is 0 Å². The number of rotatable bonds is 41. The molecule has 6 nitrogen and oxygen atoms in total. The van der Waals surface area contributed by atoms with Crippen LogP contribution in [0.1, 0.15) is 181 Å². The molecule has 1 amide bonds. The minimum atomic E-state index is -0.839. The Kier molecular flexibility index (Phi) is 44.9. The minimum Gasteiger partial charge on any atom is -0.458 e. The number of aliphatic hydroxyl groups excluding tert-OH is 2. The summed E-state index contributed by atoms with van der Waals surface area (Å²) in [5.41, 5.74) is 0. The molecule has 0 aliphatic rings. The smallest absolute Gasteiger partial charge is 0.306 e. The normalized spacial score (nSPS) is 14.5. The van der Waals surface area contributed by atoms with Crippen LogP contribution in [0.25, 0.3) is 0 Å². The van der Waals surface area contributed by atoms with Gasteiger partial charge in [-0.15, -0.1) is 0 Å². The van der Waals surface area contributed by atoms with Crippen molar-refractivity contribution in [3.8, 4) is 0 Å². The van der Waals surface area contributed by atoms with Gasteiger partial charge in [0.2, 0.25) is 5.91 Å². The topological polar surface area (TPSA) is 95.9 Å². The fourth-order valence-corrected chi connectivity index (χ4v) is 6.36. The van der Waals surface area contributed by atoms with Crippen LogP contribution < -0.4 is 5.32 Å². The van der Waals surface area contributed by atoms with E-state index in [1.54, 1.807) is 6.08 Å². The van der Waals surface area contributed by atoms with Gasteiger partial charge in [-0.3, -0.25) is 9.59 Å². The lowest BCUT2D eigenvalue weighted by atomic mass is 10.0. The number of carbonyl (C=O) groups is 2. The zero-order valence-electron chi connectivity index (χ0n) is 39.4. The van der Waals surface area contributed by atoms with Gasteiger partial charge in [-0.1, -0.05) is 213 Å². The molecule has 6 heteroatoms. The van der Waals surface area contributed by atoms with E-state index in [1.165, 1.54) is 44.9 Å². The molecule has 0 saturated carbocycles. The summed E-state index contributed by atoms with van der Waals surface area (Å²) in [6.45, 7) is 6.16. The molecule has 3 N–H and O–H groups in total. The quantitative estimate of drug-likeness (QED) is 0.0323. The van der Waals surface area contributed by atoms with Gasteiger partial charge in [-0.25, -0.2) is 0 Å². The van der Waals surface area contributed by atoms with Crippen LogP contribution in [0.4, 0.5) is 0 Å². The van der Waals surface area contributed by atoms with E-state index in [2.05, 4.69) is 135 Å². The van der Waals surface area contributed by atoms with Crippen molar-refractivity contribution < 1.29 is 24.5 Å². The van der Waals surface area contributed by atoms with Crippen molar-refractivity contribution in [3.05, 3.63) is 134 Å². The van der Waals surface area contributed by atoms with Gasteiger partial charge in [-0.05, 0) is 89.5 Å². The molecule has 0 rings (SSSR count). The van der Waals surface area contributed by atoms with Gasteiger partial charge in [0.15, 0.2) is 0 Å². The van der Waals surface area contributed by atoms with E-state index in [0.29, 0.717) is 19.3 Å². The Labute approximate surface area is 380 Å². The fourth-order valence-electron chi connectivity index (χ4n) is 6.36. The molecule has 3 unspecified atom stereocenters. The summed E-state index contributed by atoms with van der Waals surface area (Å²) in [5, 5.41) is 23.6. The summed E-state index contributed by atoms with van der Waals surface area (Å²) in [6.07, 6.45) is 68.4. The molecule has 0 aliphatic heterocycles. The van der Waals surface area contributed by atoms with Crippen molar-refractivity contribution in [2.75, 3.05) is 6.61 Å². The third-order valence-electron chi connectivity index (χ3n) is 9.98. The third-order valence-corrected chi connectivity index (χ3v) is 9.98. The van der Waals surface area contributed by atoms with Crippen LogP contribution in [-0.2, 0) is 14.3 Å². The maximum Gasteiger partial charge on any atom is 0.306 e. The summed E-state index contributed by atoms with van der Waals surface area (Å²) < 4.78 is 5.76. The number of esters is 1. The molecule has 0 aliphatic carbocycles. The van der Waals surface area contributed by atoms with Gasteiger partial charge in [0.05, 0.1) is 25.2 Å². The van der Waals surface area contributed by atoms with Crippen molar-refractivity contribution in [2.45, 2.75) is 200 Å². The molecule has 0 aromatic rings. The molecular weight excluding hydrogens is 767 g/mol. The highest BCUT2D eigenvalue weighted by molar-refractivity contribution is 5.78. The Bertz CT molecular complexity index is 1370. The number of nitrogens with one attached hydrogen (secondary N) is 1. The monoisotopic (exact) mass is 856 g/mol. The summed E-state index contributed by atoms with van der Waals surface area (Å²) in [5.74, 6) is -0.746. The van der Waals surface area contributed by atoms with Crippen LogP contribution in [0.15, 0.2) is 134 Å². The van der Waals surface area contributed by atoms with E-state index < -0.39 is 18.2 Å². The first-order chi connectivity index (χ1) is 30.5. The van der Waals surface area contributed by atoms with Crippen molar-refractivity contribution >= 4 is 11.9 Å². The van der Waals surface area contributed by atoms with Gasteiger partial charge in [0, 0.05) is 6.42 Å². The molecule has 3 atom stereocenters. The van der Waals surface area contributed by atoms with Gasteiger partial charge in [0.25, 0.3) is 0 Å². The number of amides is 1. The number of hydrogen-bond acceptors (Lipinski definition) is 5. The van der Waals surface area contributed by atoms with E-state index in [1.807, 2.05) is 18.2 Å². The summed E-state index contributed by atoms with van der Waals surface area (Å²) >= 11 is 0. The first-order valence-electron chi connectivity index (χ1n) is 24.4. The number of hydrogen-bond donors (Lipinski definition) is 3. The van der Waals surface area contributed by atoms with Gasteiger partial charge in [0.1, 0.15) is 6.10 Å². The molecular formula is C56H89NO5. The van der Waals surface area contributed by atoms with Crippen LogP contribution in [0.3, 0.4) is 0 Å².